The fourth-order valence-corrected chi connectivity index (χ4v) is 20.5. The van der Waals surface area contributed by atoms with E-state index in [0.29, 0.717) is 54.1 Å². The van der Waals surface area contributed by atoms with Gasteiger partial charge in [0.25, 0.3) is 0 Å². The molecule has 2 fully saturated rings. The van der Waals surface area contributed by atoms with E-state index in [1.165, 1.54) is 66.2 Å². The summed E-state index contributed by atoms with van der Waals surface area (Å²) < 4.78 is 0. The van der Waals surface area contributed by atoms with Gasteiger partial charge in [-0.25, -0.2) is 0 Å². The van der Waals surface area contributed by atoms with Crippen molar-refractivity contribution in [3.05, 3.63) is 106 Å². The van der Waals surface area contributed by atoms with Crippen LogP contribution in [0.25, 0.3) is 22.3 Å². The van der Waals surface area contributed by atoms with Crippen molar-refractivity contribution in [1.82, 2.24) is 0 Å². The number of aliphatic hydroxyl groups excluding tert-OH is 1. The molecule has 0 atom stereocenters. The second-order valence-corrected chi connectivity index (χ2v) is 31.1. The van der Waals surface area contributed by atoms with E-state index in [2.05, 4.69) is 211 Å². The number of aliphatic hydroxyl groups is 1. The molecule has 0 radical (unpaired) electrons. The predicted octanol–water partition coefficient (Wildman–Crippen LogP) is 13.2. The van der Waals surface area contributed by atoms with E-state index < -0.39 is 15.8 Å². The van der Waals surface area contributed by atoms with Gasteiger partial charge in [0.1, 0.15) is 5.78 Å². The molecule has 0 bridgehead atoms. The molecule has 2 nitrogen and oxygen atoms in total. The summed E-state index contributed by atoms with van der Waals surface area (Å²) in [6, 6.07) is 28.2. The van der Waals surface area contributed by atoms with Crippen molar-refractivity contribution in [2.45, 2.75) is 226 Å². The van der Waals surface area contributed by atoms with Crippen LogP contribution in [0.5, 0.6) is 0 Å². The molecule has 4 aromatic carbocycles. The molecule has 66 heavy (non-hydrogen) atoms. The molecule has 6 heteroatoms. The molecule has 0 aromatic heterocycles. The van der Waals surface area contributed by atoms with Crippen molar-refractivity contribution >= 4 is 49.6 Å². The third-order valence-electron chi connectivity index (χ3n) is 14.2. The van der Waals surface area contributed by atoms with Crippen molar-refractivity contribution in [3.63, 3.8) is 0 Å². The van der Waals surface area contributed by atoms with Gasteiger partial charge in [-0.05, 0) is 135 Å². The first-order valence-corrected chi connectivity index (χ1v) is 27.5. The molecule has 2 heterocycles. The minimum atomic E-state index is -0.529. The summed E-state index contributed by atoms with van der Waals surface area (Å²) in [4.78, 5) is 12.6. The zero-order valence-electron chi connectivity index (χ0n) is 46.0. The number of ketones is 1. The summed E-state index contributed by atoms with van der Waals surface area (Å²) in [6.07, 6.45) is 2.95. The maximum Gasteiger partial charge on any atom is 1.00 e. The van der Waals surface area contributed by atoms with E-state index in [4.69, 9.17) is 0 Å². The van der Waals surface area contributed by atoms with Crippen LogP contribution in [0, 0.1) is 0 Å². The Hall–Kier alpha value is -1.50. The maximum atomic E-state index is 12.6. The smallest absolute Gasteiger partial charge is 1.00 e. The van der Waals surface area contributed by atoms with Gasteiger partial charge in [-0.15, -0.1) is 0 Å². The van der Waals surface area contributed by atoms with Crippen LogP contribution in [0.15, 0.2) is 72.8 Å². The van der Waals surface area contributed by atoms with Gasteiger partial charge in [-0.3, -0.25) is 4.79 Å². The fourth-order valence-electron chi connectivity index (χ4n) is 11.8. The molecule has 6 rings (SSSR count). The van der Waals surface area contributed by atoms with Crippen LogP contribution in [0.1, 0.15) is 234 Å². The average Bonchev–Trinajstić information content (AvgIpc) is 3.15. The third kappa shape index (κ3) is 12.7. The zero-order chi connectivity index (χ0) is 48.0. The Kier molecular flexibility index (Phi) is 20.2. The van der Waals surface area contributed by atoms with Crippen LogP contribution >= 0.6 is 15.8 Å². The predicted molar refractivity (Wildman–Crippen MR) is 298 cm³/mol. The molecule has 4 aromatic rings. The maximum absolute atomic E-state index is 12.6. The van der Waals surface area contributed by atoms with Crippen LogP contribution in [0.2, 0.25) is 0 Å². The van der Waals surface area contributed by atoms with Gasteiger partial charge in [-0.2, -0.15) is 0 Å². The first-order chi connectivity index (χ1) is 29.5. The van der Waals surface area contributed by atoms with E-state index in [1.54, 1.807) is 0 Å². The molecule has 2 aliphatic heterocycles. The Bertz CT molecular complexity index is 2190. The molecular formula is C60H92AlLiO2P2. The summed E-state index contributed by atoms with van der Waals surface area (Å²) in [5.41, 5.74) is 14.5. The number of benzene rings is 4. The molecule has 0 aliphatic carbocycles. The zero-order valence-corrected chi connectivity index (χ0v) is 46.8. The van der Waals surface area contributed by atoms with Gasteiger partial charge in [0.15, 0.2) is 17.4 Å². The van der Waals surface area contributed by atoms with E-state index >= 15 is 0 Å². The van der Waals surface area contributed by atoms with E-state index in [0.717, 1.165) is 12.8 Å². The Morgan fingerprint density at radius 2 is 0.758 bits per heavy atom. The van der Waals surface area contributed by atoms with Gasteiger partial charge in [-0.1, -0.05) is 227 Å². The number of rotatable bonds is 10. The largest absolute Gasteiger partial charge is 1.00 e. The molecule has 2 aliphatic rings. The topological polar surface area (TPSA) is 37.3 Å². The Balaban J connectivity index is 0.000000440. The van der Waals surface area contributed by atoms with E-state index in [1.807, 2.05) is 0 Å². The third-order valence-corrected chi connectivity index (χ3v) is 21.5. The van der Waals surface area contributed by atoms with Gasteiger partial charge in [0, 0.05) is 12.8 Å². The minimum absolute atomic E-state index is 0. The normalized spacial score (nSPS) is 20.1. The van der Waals surface area contributed by atoms with Crippen LogP contribution in [-0.2, 0) is 4.79 Å². The second kappa shape index (κ2) is 22.7. The summed E-state index contributed by atoms with van der Waals surface area (Å²) in [5.74, 6) is 3.31. The van der Waals surface area contributed by atoms with Crippen LogP contribution in [-0.4, -0.2) is 55.0 Å². The Labute approximate surface area is 431 Å². The van der Waals surface area contributed by atoms with Gasteiger partial charge < -0.3 is 6.53 Å². The number of Topliss-reactive ketones (excluding diaryl/α,β-unsaturated/α-hetero) is 1. The van der Waals surface area contributed by atoms with Crippen LogP contribution in [0.3, 0.4) is 0 Å². The number of carbonyl (C=O) groups is 1. The van der Waals surface area contributed by atoms with Crippen LogP contribution in [0.4, 0.5) is 0 Å². The van der Waals surface area contributed by atoms with Crippen molar-refractivity contribution < 1.29 is 30.2 Å². The summed E-state index contributed by atoms with van der Waals surface area (Å²) in [6.45, 7) is 46.7. The van der Waals surface area contributed by atoms with Gasteiger partial charge >= 0.3 is 18.9 Å². The van der Waals surface area contributed by atoms with Crippen molar-refractivity contribution in [2.75, 3.05) is 0 Å². The Morgan fingerprint density at radius 3 is 1.03 bits per heavy atom. The molecule has 1 N–H and O–H groups in total. The molecule has 0 amide bonds. The van der Waals surface area contributed by atoms with Crippen molar-refractivity contribution in [3.8, 4) is 22.3 Å². The minimum Gasteiger partial charge on any atom is -1.00 e. The average molecular weight is 941 g/mol. The second-order valence-electron chi connectivity index (χ2n) is 24.0. The molecule has 0 saturated carbocycles. The standard InChI is InChI=1S/C30H45OP.C30H43OP.Al.Li.4H/c2*1-19(2)22-15-25(20(3)4)28(26(16-22)21(5)6)24-13-11-12-14-27(24)32-29(7,8)17-23(31)18-30(32,9)10;;;;;;/h11-16,19-21,23,31H,17-18H2,1-10H3;11-16,19-21H,17-18H2,1-10H3;;;;;;/q;;;+1;;;;-1. The fraction of sp³-hybridized carbons (Fsp3) is 0.583. The molecule has 0 unspecified atom stereocenters. The molecule has 358 valence electrons. The van der Waals surface area contributed by atoms with E-state index in [9.17, 15) is 9.90 Å². The number of hydrogen-bond acceptors (Lipinski definition) is 2. The summed E-state index contributed by atoms with van der Waals surface area (Å²) in [7, 11) is -0.997. The van der Waals surface area contributed by atoms with Crippen molar-refractivity contribution in [2.24, 2.45) is 0 Å². The van der Waals surface area contributed by atoms with E-state index in [-0.39, 0.29) is 64.4 Å². The van der Waals surface area contributed by atoms with Gasteiger partial charge in [0.2, 0.25) is 0 Å². The Morgan fingerprint density at radius 1 is 0.485 bits per heavy atom. The molecule has 0 spiro atoms. The summed E-state index contributed by atoms with van der Waals surface area (Å²) >= 11 is 0. The first-order valence-electron chi connectivity index (χ1n) is 24.9. The molecular weight excluding hydrogens is 849 g/mol. The van der Waals surface area contributed by atoms with Crippen LogP contribution < -0.4 is 29.5 Å². The molecule has 2 saturated heterocycles. The number of hydrogen-bond donors (Lipinski definition) is 1. The SMILES string of the molecule is CC(C)c1cc(C(C)C)c(-c2ccccc2P2C(C)(C)CC(=O)CC2(C)C)c(C(C)C)c1.CC(C)c1cc(C(C)C)c(-c2ccccc2P2C(C)(C)CC(O)CC2(C)C)c(C(C)C)c1.[AlH3].[H-].[Li+]. The summed E-state index contributed by atoms with van der Waals surface area (Å²) in [5, 5.41) is 13.8. The van der Waals surface area contributed by atoms with Crippen molar-refractivity contribution in [1.29, 1.82) is 0 Å². The quantitative estimate of drug-likeness (QED) is 0.127. The monoisotopic (exact) mass is 941 g/mol. The number of carbonyl (C=O) groups excluding carboxylic acids is 1. The first kappa shape index (κ1) is 58.8. The van der Waals surface area contributed by atoms with Gasteiger partial charge in [0.05, 0.1) is 6.10 Å².